The topological polar surface area (TPSA) is 30.7 Å². The van der Waals surface area contributed by atoms with E-state index in [0.29, 0.717) is 0 Å². The summed E-state index contributed by atoms with van der Waals surface area (Å²) in [6, 6.07) is 52.1. The molecule has 0 atom stereocenters. The van der Waals surface area contributed by atoms with Gasteiger partial charge in [-0.25, -0.2) is 9.97 Å². The third-order valence-electron chi connectivity index (χ3n) is 9.41. The van der Waals surface area contributed by atoms with Gasteiger partial charge in [0, 0.05) is 39.3 Å². The van der Waals surface area contributed by atoms with Gasteiger partial charge in [0.15, 0.2) is 5.82 Å². The van der Waals surface area contributed by atoms with Crippen molar-refractivity contribution in [1.29, 1.82) is 0 Å². The summed E-state index contributed by atoms with van der Waals surface area (Å²) in [6.45, 7) is 0. The zero-order chi connectivity index (χ0) is 29.5. The Bertz CT molecular complexity index is 2640. The first-order valence-electron chi connectivity index (χ1n) is 15.3. The summed E-state index contributed by atoms with van der Waals surface area (Å²) in [5, 5.41) is 7.35. The van der Waals surface area contributed by atoms with Gasteiger partial charge in [0.1, 0.15) is 0 Å². The molecular formula is C42H25N3. The van der Waals surface area contributed by atoms with Gasteiger partial charge in [0.25, 0.3) is 0 Å². The quantitative estimate of drug-likeness (QED) is 0.211. The van der Waals surface area contributed by atoms with Crippen molar-refractivity contribution < 1.29 is 0 Å². The van der Waals surface area contributed by atoms with Crippen molar-refractivity contribution in [1.82, 2.24) is 14.5 Å². The van der Waals surface area contributed by atoms with Crippen LogP contribution in [0.3, 0.4) is 0 Å². The lowest BCUT2D eigenvalue weighted by Gasteiger charge is -2.13. The van der Waals surface area contributed by atoms with Crippen LogP contribution in [-0.2, 0) is 0 Å². The fourth-order valence-electron chi connectivity index (χ4n) is 7.50. The molecular weight excluding hydrogens is 546 g/mol. The van der Waals surface area contributed by atoms with Gasteiger partial charge in [-0.1, -0.05) is 115 Å². The molecule has 9 aromatic rings. The molecule has 0 saturated carbocycles. The van der Waals surface area contributed by atoms with Crippen LogP contribution in [-0.4, -0.2) is 14.5 Å². The van der Waals surface area contributed by atoms with Gasteiger partial charge >= 0.3 is 0 Å². The highest BCUT2D eigenvalue weighted by Crippen LogP contribution is 2.47. The molecule has 0 bridgehead atoms. The Morgan fingerprint density at radius 3 is 1.84 bits per heavy atom. The lowest BCUT2D eigenvalue weighted by Crippen LogP contribution is -1.94. The SMILES string of the molecule is c1ccc(-n2c3ccccc3c3c(-c4ccc(-c5ncc6c(n5)-c5cccc7cccc-6c57)c5ccccc45)cccc32)cc1. The number of hydrogen-bond acceptors (Lipinski definition) is 2. The maximum atomic E-state index is 5.23. The van der Waals surface area contributed by atoms with E-state index in [9.17, 15) is 0 Å². The van der Waals surface area contributed by atoms with Gasteiger partial charge in [-0.3, -0.25) is 0 Å². The smallest absolute Gasteiger partial charge is 0.160 e. The highest BCUT2D eigenvalue weighted by molar-refractivity contribution is 6.19. The predicted molar refractivity (Wildman–Crippen MR) is 187 cm³/mol. The van der Waals surface area contributed by atoms with Crippen molar-refractivity contribution in [3.8, 4) is 50.6 Å². The first-order chi connectivity index (χ1) is 22.3. The van der Waals surface area contributed by atoms with E-state index in [1.807, 2.05) is 6.20 Å². The molecule has 0 unspecified atom stereocenters. The zero-order valence-corrected chi connectivity index (χ0v) is 24.3. The average molecular weight is 572 g/mol. The standard InChI is InChI=1S/C42H25N3/c1-2-13-27(14-3-1)45-37-21-7-6-17-34(37)40-31(19-10-22-38(40)45)30-23-24-33(29-16-5-4-15-28(29)30)42-43-25-36-32-18-8-11-26-12-9-20-35(39(26)32)41(36)44-42/h1-25H. The van der Waals surface area contributed by atoms with Crippen LogP contribution in [0, 0.1) is 0 Å². The number of fused-ring (bicyclic) bond motifs is 7. The van der Waals surface area contributed by atoms with Gasteiger partial charge < -0.3 is 4.57 Å². The number of nitrogens with zero attached hydrogens (tertiary/aromatic N) is 3. The van der Waals surface area contributed by atoms with Crippen molar-refractivity contribution in [2.24, 2.45) is 0 Å². The summed E-state index contributed by atoms with van der Waals surface area (Å²) < 4.78 is 2.38. The Morgan fingerprint density at radius 2 is 1.02 bits per heavy atom. The van der Waals surface area contributed by atoms with Crippen molar-refractivity contribution in [3.63, 3.8) is 0 Å². The van der Waals surface area contributed by atoms with Crippen molar-refractivity contribution >= 4 is 43.4 Å². The third-order valence-corrected chi connectivity index (χ3v) is 9.41. The Kier molecular flexibility index (Phi) is 5.00. The van der Waals surface area contributed by atoms with Crippen LogP contribution in [0.1, 0.15) is 0 Å². The maximum absolute atomic E-state index is 5.23. The number of benzene rings is 7. The molecule has 0 spiro atoms. The van der Waals surface area contributed by atoms with Gasteiger partial charge in [-0.15, -0.1) is 0 Å². The van der Waals surface area contributed by atoms with Crippen LogP contribution in [0.25, 0.3) is 93.9 Å². The van der Waals surface area contributed by atoms with Crippen LogP contribution < -0.4 is 0 Å². The summed E-state index contributed by atoms with van der Waals surface area (Å²) in [6.07, 6.45) is 2.01. The molecule has 0 N–H and O–H groups in total. The summed E-state index contributed by atoms with van der Waals surface area (Å²) in [7, 11) is 0. The molecule has 0 radical (unpaired) electrons. The Labute approximate surface area is 259 Å². The first kappa shape index (κ1) is 24.4. The van der Waals surface area contributed by atoms with Crippen molar-refractivity contribution in [2.45, 2.75) is 0 Å². The minimum atomic E-state index is 0.750. The molecule has 208 valence electrons. The second-order valence-electron chi connectivity index (χ2n) is 11.8. The first-order valence-corrected chi connectivity index (χ1v) is 15.3. The molecule has 1 aliphatic carbocycles. The molecule has 0 saturated heterocycles. The van der Waals surface area contributed by atoms with Crippen LogP contribution in [0.4, 0.5) is 0 Å². The largest absolute Gasteiger partial charge is 0.309 e. The summed E-state index contributed by atoms with van der Waals surface area (Å²) in [5.74, 6) is 0.750. The van der Waals surface area contributed by atoms with Crippen molar-refractivity contribution in [2.75, 3.05) is 0 Å². The van der Waals surface area contributed by atoms with E-state index in [-0.39, 0.29) is 0 Å². The Morgan fingerprint density at radius 1 is 0.400 bits per heavy atom. The van der Waals surface area contributed by atoms with E-state index in [0.717, 1.165) is 33.7 Å². The molecule has 3 heteroatoms. The monoisotopic (exact) mass is 571 g/mol. The van der Waals surface area contributed by atoms with Gasteiger partial charge in [-0.2, -0.15) is 0 Å². The molecule has 45 heavy (non-hydrogen) atoms. The molecule has 2 aromatic heterocycles. The number of para-hydroxylation sites is 2. The normalized spacial score (nSPS) is 12.0. The van der Waals surface area contributed by atoms with E-state index in [4.69, 9.17) is 9.97 Å². The second-order valence-corrected chi connectivity index (χ2v) is 11.8. The number of hydrogen-bond donors (Lipinski definition) is 0. The lowest BCUT2D eigenvalue weighted by atomic mass is 9.92. The molecule has 0 aliphatic heterocycles. The van der Waals surface area contributed by atoms with Crippen LogP contribution in [0.15, 0.2) is 152 Å². The van der Waals surface area contributed by atoms with E-state index in [1.165, 1.54) is 60.2 Å². The Hall–Kier alpha value is -6.06. The molecule has 3 nitrogen and oxygen atoms in total. The third kappa shape index (κ3) is 3.41. The highest BCUT2D eigenvalue weighted by Gasteiger charge is 2.24. The molecule has 0 amide bonds. The maximum Gasteiger partial charge on any atom is 0.160 e. The fourth-order valence-corrected chi connectivity index (χ4v) is 7.50. The van der Waals surface area contributed by atoms with E-state index in [1.54, 1.807) is 0 Å². The Balaban J connectivity index is 1.20. The summed E-state index contributed by atoms with van der Waals surface area (Å²) in [5.41, 5.74) is 11.5. The second kappa shape index (κ2) is 9.22. The van der Waals surface area contributed by atoms with E-state index in [2.05, 4.69) is 150 Å². The number of rotatable bonds is 3. The molecule has 0 fully saturated rings. The van der Waals surface area contributed by atoms with Gasteiger partial charge in [0.2, 0.25) is 0 Å². The van der Waals surface area contributed by atoms with Gasteiger partial charge in [-0.05, 0) is 68.6 Å². The minimum absolute atomic E-state index is 0.750. The van der Waals surface area contributed by atoms with E-state index < -0.39 is 0 Å². The van der Waals surface area contributed by atoms with Gasteiger partial charge in [0.05, 0.1) is 16.7 Å². The van der Waals surface area contributed by atoms with Crippen LogP contribution >= 0.6 is 0 Å². The van der Waals surface area contributed by atoms with E-state index >= 15 is 0 Å². The fraction of sp³-hybridized carbons (Fsp3) is 0. The molecule has 1 aliphatic rings. The van der Waals surface area contributed by atoms with Crippen LogP contribution in [0.5, 0.6) is 0 Å². The summed E-state index contributed by atoms with van der Waals surface area (Å²) >= 11 is 0. The predicted octanol–water partition coefficient (Wildman–Crippen LogP) is 10.9. The van der Waals surface area contributed by atoms with Crippen molar-refractivity contribution in [3.05, 3.63) is 152 Å². The molecule has 10 rings (SSSR count). The molecule has 2 heterocycles. The average Bonchev–Trinajstić information content (AvgIpc) is 3.62. The number of aromatic nitrogens is 3. The van der Waals surface area contributed by atoms with Crippen LogP contribution in [0.2, 0.25) is 0 Å². The molecule has 7 aromatic carbocycles. The summed E-state index contributed by atoms with van der Waals surface area (Å²) in [4.78, 5) is 10.2. The zero-order valence-electron chi connectivity index (χ0n) is 24.3. The highest BCUT2D eigenvalue weighted by atomic mass is 15.0. The minimum Gasteiger partial charge on any atom is -0.309 e. The lowest BCUT2D eigenvalue weighted by molar-refractivity contribution is 1.18.